The van der Waals surface area contributed by atoms with Gasteiger partial charge in [0.15, 0.2) is 0 Å². The van der Waals surface area contributed by atoms with E-state index in [9.17, 15) is 0 Å². The van der Waals surface area contributed by atoms with Crippen molar-refractivity contribution in [3.8, 4) is 11.4 Å². The SMILES string of the molecule is Cc1cc2nc(-c3cccc(C(C)(C)C)c3)[nH]c2cc1C. The Kier molecular flexibility index (Phi) is 3.12. The Morgan fingerprint density at radius 1 is 0.952 bits per heavy atom. The number of hydrogen-bond acceptors (Lipinski definition) is 1. The topological polar surface area (TPSA) is 28.7 Å². The number of rotatable bonds is 1. The van der Waals surface area contributed by atoms with Crippen molar-refractivity contribution in [1.29, 1.82) is 0 Å². The minimum atomic E-state index is 0.148. The van der Waals surface area contributed by atoms with E-state index in [0.717, 1.165) is 22.4 Å². The smallest absolute Gasteiger partial charge is 0.138 e. The van der Waals surface area contributed by atoms with Gasteiger partial charge in [-0.15, -0.1) is 0 Å². The van der Waals surface area contributed by atoms with E-state index in [0.29, 0.717) is 0 Å². The molecule has 1 heterocycles. The zero-order valence-electron chi connectivity index (χ0n) is 13.4. The second-order valence-corrected chi connectivity index (χ2v) is 6.87. The lowest BCUT2D eigenvalue weighted by Gasteiger charge is -2.19. The lowest BCUT2D eigenvalue weighted by atomic mass is 9.86. The van der Waals surface area contributed by atoms with Crippen LogP contribution in [-0.4, -0.2) is 9.97 Å². The number of imidazole rings is 1. The molecule has 0 bridgehead atoms. The van der Waals surface area contributed by atoms with E-state index in [1.807, 2.05) is 0 Å². The van der Waals surface area contributed by atoms with Crippen molar-refractivity contribution in [2.45, 2.75) is 40.0 Å². The zero-order chi connectivity index (χ0) is 15.2. The van der Waals surface area contributed by atoms with E-state index in [1.54, 1.807) is 0 Å². The average Bonchev–Trinajstić information content (AvgIpc) is 2.81. The summed E-state index contributed by atoms with van der Waals surface area (Å²) in [5.74, 6) is 0.945. The Labute approximate surface area is 126 Å². The second-order valence-electron chi connectivity index (χ2n) is 6.87. The Hall–Kier alpha value is -2.09. The number of aromatic nitrogens is 2. The first-order valence-electron chi connectivity index (χ1n) is 7.42. The predicted octanol–water partition coefficient (Wildman–Crippen LogP) is 5.14. The van der Waals surface area contributed by atoms with E-state index >= 15 is 0 Å². The number of benzene rings is 2. The van der Waals surface area contributed by atoms with Gasteiger partial charge in [0, 0.05) is 5.56 Å². The number of aromatic amines is 1. The normalized spacial score (nSPS) is 12.0. The molecule has 0 fully saturated rings. The molecule has 0 spiro atoms. The summed E-state index contributed by atoms with van der Waals surface area (Å²) in [7, 11) is 0. The highest BCUT2D eigenvalue weighted by atomic mass is 14.9. The van der Waals surface area contributed by atoms with Crippen molar-refractivity contribution in [2.24, 2.45) is 0 Å². The first-order valence-corrected chi connectivity index (χ1v) is 7.42. The van der Waals surface area contributed by atoms with Gasteiger partial charge in [0.1, 0.15) is 5.82 Å². The summed E-state index contributed by atoms with van der Waals surface area (Å²) in [6.07, 6.45) is 0. The Balaban J connectivity index is 2.12. The van der Waals surface area contributed by atoms with Crippen LogP contribution in [0.4, 0.5) is 0 Å². The molecule has 21 heavy (non-hydrogen) atoms. The fourth-order valence-corrected chi connectivity index (χ4v) is 2.54. The Bertz CT molecular complexity index is 765. The number of hydrogen-bond donors (Lipinski definition) is 1. The van der Waals surface area contributed by atoms with Crippen molar-refractivity contribution in [2.75, 3.05) is 0 Å². The van der Waals surface area contributed by atoms with Gasteiger partial charge in [-0.25, -0.2) is 4.98 Å². The molecule has 2 aromatic carbocycles. The van der Waals surface area contributed by atoms with E-state index in [2.05, 4.69) is 76.0 Å². The highest BCUT2D eigenvalue weighted by molar-refractivity contribution is 5.81. The Morgan fingerprint density at radius 3 is 2.38 bits per heavy atom. The third kappa shape index (κ3) is 2.58. The van der Waals surface area contributed by atoms with Gasteiger partial charge in [-0.1, -0.05) is 39.0 Å². The maximum absolute atomic E-state index is 4.75. The van der Waals surface area contributed by atoms with E-state index in [-0.39, 0.29) is 5.41 Å². The molecule has 0 amide bonds. The first kappa shape index (κ1) is 13.9. The van der Waals surface area contributed by atoms with Crippen LogP contribution in [0.3, 0.4) is 0 Å². The molecule has 108 valence electrons. The highest BCUT2D eigenvalue weighted by Gasteiger charge is 2.15. The fourth-order valence-electron chi connectivity index (χ4n) is 2.54. The molecule has 2 nitrogen and oxygen atoms in total. The third-order valence-electron chi connectivity index (χ3n) is 4.10. The molecule has 0 saturated carbocycles. The van der Waals surface area contributed by atoms with Crippen LogP contribution in [0.1, 0.15) is 37.5 Å². The number of aryl methyl sites for hydroxylation is 2. The van der Waals surface area contributed by atoms with Gasteiger partial charge in [0.25, 0.3) is 0 Å². The number of nitrogens with one attached hydrogen (secondary N) is 1. The van der Waals surface area contributed by atoms with Crippen molar-refractivity contribution in [3.05, 3.63) is 53.1 Å². The van der Waals surface area contributed by atoms with E-state index in [4.69, 9.17) is 4.98 Å². The summed E-state index contributed by atoms with van der Waals surface area (Å²) in [5.41, 5.74) is 7.34. The molecule has 0 unspecified atom stereocenters. The van der Waals surface area contributed by atoms with Crippen LogP contribution in [0, 0.1) is 13.8 Å². The molecule has 0 aliphatic carbocycles. The molecular weight excluding hydrogens is 256 g/mol. The molecule has 3 rings (SSSR count). The van der Waals surface area contributed by atoms with Crippen molar-refractivity contribution in [3.63, 3.8) is 0 Å². The predicted molar refractivity (Wildman–Crippen MR) is 89.7 cm³/mol. The van der Waals surface area contributed by atoms with Crippen molar-refractivity contribution >= 4 is 11.0 Å². The lowest BCUT2D eigenvalue weighted by molar-refractivity contribution is 0.590. The molecule has 3 aromatic rings. The summed E-state index contributed by atoms with van der Waals surface area (Å²) in [6, 6.07) is 13.0. The third-order valence-corrected chi connectivity index (χ3v) is 4.10. The Morgan fingerprint density at radius 2 is 1.67 bits per heavy atom. The van der Waals surface area contributed by atoms with Gasteiger partial charge in [0.2, 0.25) is 0 Å². The average molecular weight is 278 g/mol. The van der Waals surface area contributed by atoms with Crippen molar-refractivity contribution in [1.82, 2.24) is 9.97 Å². The molecule has 0 atom stereocenters. The van der Waals surface area contributed by atoms with Gasteiger partial charge in [-0.3, -0.25) is 0 Å². The van der Waals surface area contributed by atoms with Crippen LogP contribution < -0.4 is 0 Å². The van der Waals surface area contributed by atoms with Crippen LogP contribution in [0.15, 0.2) is 36.4 Å². The van der Waals surface area contributed by atoms with E-state index in [1.165, 1.54) is 16.7 Å². The number of nitrogens with zero attached hydrogens (tertiary/aromatic N) is 1. The molecule has 0 saturated heterocycles. The van der Waals surface area contributed by atoms with Crippen molar-refractivity contribution < 1.29 is 0 Å². The van der Waals surface area contributed by atoms with Gasteiger partial charge in [0.05, 0.1) is 11.0 Å². The van der Waals surface area contributed by atoms with Crippen LogP contribution >= 0.6 is 0 Å². The van der Waals surface area contributed by atoms with Crippen LogP contribution in [0.2, 0.25) is 0 Å². The van der Waals surface area contributed by atoms with Gasteiger partial charge >= 0.3 is 0 Å². The molecular formula is C19H22N2. The summed E-state index contributed by atoms with van der Waals surface area (Å²) in [6.45, 7) is 11.0. The van der Waals surface area contributed by atoms with Gasteiger partial charge in [-0.2, -0.15) is 0 Å². The standard InChI is InChI=1S/C19H22N2/c1-12-9-16-17(10-13(12)2)21-18(20-16)14-7-6-8-15(11-14)19(3,4)5/h6-11H,1-5H3,(H,20,21). The van der Waals surface area contributed by atoms with Gasteiger partial charge < -0.3 is 4.98 Å². The number of fused-ring (bicyclic) bond motifs is 1. The fraction of sp³-hybridized carbons (Fsp3) is 0.316. The maximum Gasteiger partial charge on any atom is 0.138 e. The quantitative estimate of drug-likeness (QED) is 0.655. The zero-order valence-corrected chi connectivity index (χ0v) is 13.4. The molecule has 2 heteroatoms. The summed E-state index contributed by atoms with van der Waals surface area (Å²) in [5, 5.41) is 0. The minimum Gasteiger partial charge on any atom is -0.338 e. The first-order chi connectivity index (χ1) is 9.84. The molecule has 0 aliphatic heterocycles. The second kappa shape index (κ2) is 4.73. The molecule has 1 aromatic heterocycles. The van der Waals surface area contributed by atoms with Gasteiger partial charge in [-0.05, 0) is 54.2 Å². The number of H-pyrrole nitrogens is 1. The monoisotopic (exact) mass is 278 g/mol. The maximum atomic E-state index is 4.75. The molecule has 0 aliphatic rings. The largest absolute Gasteiger partial charge is 0.338 e. The molecule has 1 N–H and O–H groups in total. The van der Waals surface area contributed by atoms with Crippen LogP contribution in [-0.2, 0) is 5.41 Å². The minimum absolute atomic E-state index is 0.148. The summed E-state index contributed by atoms with van der Waals surface area (Å²) >= 11 is 0. The van der Waals surface area contributed by atoms with E-state index < -0.39 is 0 Å². The highest BCUT2D eigenvalue weighted by Crippen LogP contribution is 2.28. The summed E-state index contributed by atoms with van der Waals surface area (Å²) in [4.78, 5) is 8.20. The van der Waals surface area contributed by atoms with Crippen LogP contribution in [0.5, 0.6) is 0 Å². The summed E-state index contributed by atoms with van der Waals surface area (Å²) < 4.78 is 0. The van der Waals surface area contributed by atoms with Crippen LogP contribution in [0.25, 0.3) is 22.4 Å². The molecule has 0 radical (unpaired) electrons. The lowest BCUT2D eigenvalue weighted by Crippen LogP contribution is -2.10.